The van der Waals surface area contributed by atoms with Gasteiger partial charge in [0.1, 0.15) is 11.6 Å². The number of sulfonamides is 1. The highest BCUT2D eigenvalue weighted by Gasteiger charge is 2.38. The highest BCUT2D eigenvalue weighted by molar-refractivity contribution is 7.94. The van der Waals surface area contributed by atoms with Gasteiger partial charge in [-0.3, -0.25) is 4.31 Å². The third-order valence-electron chi connectivity index (χ3n) is 7.98. The number of aryl methyl sites for hydroxylation is 1. The van der Waals surface area contributed by atoms with Gasteiger partial charge in [-0.05, 0) is 108 Å². The molecule has 0 saturated carbocycles. The molecule has 1 aromatic heterocycles. The van der Waals surface area contributed by atoms with E-state index >= 15 is 8.78 Å². The standard InChI is InChI=1S/C30H37F2N5O2S/c1-19-18-33-29(34-23-16-24(31)28(25(32)17-23)22-8-11-36(5)12-9-22)35-26(19)14-20-6-7-21-10-13-37(27(21)15-20)40(38,39)30(2,3)4/h6-7,15-18,22H,8-14H2,1-5H3,(H,33,34,35). The lowest BCUT2D eigenvalue weighted by Gasteiger charge is -2.29. The van der Waals surface area contributed by atoms with Crippen molar-refractivity contribution in [1.29, 1.82) is 0 Å². The topological polar surface area (TPSA) is 78.4 Å². The second-order valence-electron chi connectivity index (χ2n) is 12.0. The first kappa shape index (κ1) is 28.4. The number of hydrogen-bond donors (Lipinski definition) is 1. The Morgan fingerprint density at radius 1 is 1.05 bits per heavy atom. The highest BCUT2D eigenvalue weighted by Crippen LogP contribution is 2.36. The quantitative estimate of drug-likeness (QED) is 0.411. The van der Waals surface area contributed by atoms with E-state index < -0.39 is 26.4 Å². The molecule has 0 aliphatic carbocycles. The molecule has 0 spiro atoms. The lowest BCUT2D eigenvalue weighted by molar-refractivity contribution is 0.250. The Kier molecular flexibility index (Phi) is 7.60. The maximum absolute atomic E-state index is 15.0. The van der Waals surface area contributed by atoms with Crippen LogP contribution in [0.2, 0.25) is 0 Å². The zero-order valence-electron chi connectivity index (χ0n) is 23.8. The molecule has 7 nitrogen and oxygen atoms in total. The van der Waals surface area contributed by atoms with Crippen molar-refractivity contribution in [1.82, 2.24) is 14.9 Å². The molecule has 10 heteroatoms. The van der Waals surface area contributed by atoms with E-state index in [1.54, 1.807) is 27.0 Å². The molecule has 3 heterocycles. The summed E-state index contributed by atoms with van der Waals surface area (Å²) >= 11 is 0. The van der Waals surface area contributed by atoms with E-state index in [0.717, 1.165) is 48.3 Å². The molecule has 0 atom stereocenters. The highest BCUT2D eigenvalue weighted by atomic mass is 32.2. The number of nitrogens with zero attached hydrogens (tertiary/aromatic N) is 4. The molecule has 0 radical (unpaired) electrons. The molecule has 1 saturated heterocycles. The first-order valence-electron chi connectivity index (χ1n) is 13.7. The van der Waals surface area contributed by atoms with Crippen LogP contribution in [0, 0.1) is 18.6 Å². The van der Waals surface area contributed by atoms with Gasteiger partial charge < -0.3 is 10.2 Å². The van der Waals surface area contributed by atoms with Gasteiger partial charge in [-0.25, -0.2) is 27.2 Å². The summed E-state index contributed by atoms with van der Waals surface area (Å²) in [4.78, 5) is 11.1. The number of rotatable bonds is 6. The summed E-state index contributed by atoms with van der Waals surface area (Å²) in [6, 6.07) is 8.52. The van der Waals surface area contributed by atoms with Crippen LogP contribution in [0.3, 0.4) is 0 Å². The number of anilines is 3. The minimum absolute atomic E-state index is 0.130. The fourth-order valence-electron chi connectivity index (χ4n) is 5.47. The van der Waals surface area contributed by atoms with Gasteiger partial charge in [0.05, 0.1) is 16.1 Å². The van der Waals surface area contributed by atoms with Gasteiger partial charge >= 0.3 is 0 Å². The van der Waals surface area contributed by atoms with Crippen molar-refractivity contribution in [3.8, 4) is 0 Å². The predicted molar refractivity (Wildman–Crippen MR) is 155 cm³/mol. The number of aromatic nitrogens is 2. The Hall–Kier alpha value is -3.11. The number of nitrogens with one attached hydrogen (secondary N) is 1. The van der Waals surface area contributed by atoms with Crippen molar-refractivity contribution in [3.05, 3.63) is 76.1 Å². The summed E-state index contributed by atoms with van der Waals surface area (Å²) in [5.41, 5.74) is 4.65. The van der Waals surface area contributed by atoms with E-state index in [-0.39, 0.29) is 23.1 Å². The fraction of sp³-hybridized carbons (Fsp3) is 0.467. The number of benzene rings is 2. The van der Waals surface area contributed by atoms with E-state index in [1.807, 2.05) is 32.2 Å². The molecule has 1 N–H and O–H groups in total. The van der Waals surface area contributed by atoms with Crippen molar-refractivity contribution in [2.24, 2.45) is 0 Å². The minimum atomic E-state index is -3.51. The Morgan fingerprint density at radius 2 is 1.73 bits per heavy atom. The third kappa shape index (κ3) is 5.56. The summed E-state index contributed by atoms with van der Waals surface area (Å²) in [6.45, 7) is 9.10. The molecule has 0 amide bonds. The van der Waals surface area contributed by atoms with Gasteiger partial charge in [0, 0.05) is 30.4 Å². The second kappa shape index (κ2) is 10.7. The Morgan fingerprint density at radius 3 is 2.38 bits per heavy atom. The van der Waals surface area contributed by atoms with Gasteiger partial charge in [0.15, 0.2) is 0 Å². The van der Waals surface area contributed by atoms with Crippen LogP contribution >= 0.6 is 0 Å². The average Bonchev–Trinajstić information content (AvgIpc) is 3.30. The maximum atomic E-state index is 15.0. The average molecular weight is 570 g/mol. The van der Waals surface area contributed by atoms with Crippen LogP contribution in [0.1, 0.15) is 67.5 Å². The molecular weight excluding hydrogens is 532 g/mol. The normalized spacial score (nSPS) is 16.8. The number of piperidine rings is 1. The number of hydrogen-bond acceptors (Lipinski definition) is 6. The largest absolute Gasteiger partial charge is 0.324 e. The van der Waals surface area contributed by atoms with Crippen molar-refractivity contribution < 1.29 is 17.2 Å². The van der Waals surface area contributed by atoms with Gasteiger partial charge in [0.2, 0.25) is 16.0 Å². The van der Waals surface area contributed by atoms with Gasteiger partial charge in [-0.15, -0.1) is 0 Å². The minimum Gasteiger partial charge on any atom is -0.324 e. The molecule has 2 aliphatic heterocycles. The smallest absolute Gasteiger partial charge is 0.240 e. The fourth-order valence-corrected chi connectivity index (χ4v) is 6.89. The van der Waals surface area contributed by atoms with Crippen LogP contribution < -0.4 is 9.62 Å². The molecule has 3 aromatic rings. The lowest BCUT2D eigenvalue weighted by Crippen LogP contribution is -2.42. The van der Waals surface area contributed by atoms with Crippen molar-refractivity contribution in [2.45, 2.75) is 64.0 Å². The van der Waals surface area contributed by atoms with Crippen LogP contribution in [0.15, 0.2) is 36.5 Å². The summed E-state index contributed by atoms with van der Waals surface area (Å²) in [6.07, 6.45) is 4.26. The molecule has 1 fully saturated rings. The first-order valence-corrected chi connectivity index (χ1v) is 15.2. The summed E-state index contributed by atoms with van der Waals surface area (Å²) in [5, 5.41) is 2.96. The monoisotopic (exact) mass is 569 g/mol. The van der Waals surface area contributed by atoms with Crippen LogP contribution in [-0.4, -0.2) is 54.7 Å². The zero-order chi connectivity index (χ0) is 28.8. The van der Waals surface area contributed by atoms with Gasteiger partial charge in [-0.1, -0.05) is 12.1 Å². The van der Waals surface area contributed by atoms with Crippen molar-refractivity contribution in [3.63, 3.8) is 0 Å². The van der Waals surface area contributed by atoms with Crippen LogP contribution in [0.25, 0.3) is 0 Å². The molecule has 40 heavy (non-hydrogen) atoms. The van der Waals surface area contributed by atoms with Gasteiger partial charge in [-0.2, -0.15) is 0 Å². The zero-order valence-corrected chi connectivity index (χ0v) is 24.6. The first-order chi connectivity index (χ1) is 18.8. The molecule has 2 aliphatic rings. The van der Waals surface area contributed by atoms with Crippen molar-refractivity contribution >= 4 is 27.3 Å². The molecule has 2 aromatic carbocycles. The van der Waals surface area contributed by atoms with E-state index in [9.17, 15) is 8.42 Å². The van der Waals surface area contributed by atoms with Gasteiger partial charge in [0.25, 0.3) is 0 Å². The lowest BCUT2D eigenvalue weighted by atomic mass is 9.88. The van der Waals surface area contributed by atoms with E-state index in [0.29, 0.717) is 25.1 Å². The predicted octanol–water partition coefficient (Wildman–Crippen LogP) is 5.70. The molecule has 214 valence electrons. The molecule has 5 rings (SSSR count). The molecule has 0 unspecified atom stereocenters. The molecular formula is C30H37F2N5O2S. The number of halogens is 2. The van der Waals surface area contributed by atoms with E-state index in [2.05, 4.69) is 20.2 Å². The van der Waals surface area contributed by atoms with Crippen LogP contribution in [-0.2, 0) is 22.9 Å². The number of likely N-dealkylation sites (tertiary alicyclic amines) is 1. The van der Waals surface area contributed by atoms with Crippen molar-refractivity contribution in [2.75, 3.05) is 36.3 Å². The maximum Gasteiger partial charge on any atom is 0.240 e. The van der Waals surface area contributed by atoms with E-state index in [1.165, 1.54) is 16.4 Å². The number of fused-ring (bicyclic) bond motifs is 1. The van der Waals surface area contributed by atoms with E-state index in [4.69, 9.17) is 0 Å². The summed E-state index contributed by atoms with van der Waals surface area (Å²) < 4.78 is 57.0. The molecule has 0 bridgehead atoms. The Labute approximate surface area is 235 Å². The van der Waals surface area contributed by atoms with Crippen LogP contribution in [0.5, 0.6) is 0 Å². The SMILES string of the molecule is Cc1cnc(Nc2cc(F)c(C3CCN(C)CC3)c(F)c2)nc1Cc1ccc2c(c1)N(S(=O)(=O)C(C)(C)C)CC2. The summed E-state index contributed by atoms with van der Waals surface area (Å²) in [7, 11) is -1.50. The second-order valence-corrected chi connectivity index (χ2v) is 14.6. The van der Waals surface area contributed by atoms with Crippen LogP contribution in [0.4, 0.5) is 26.1 Å². The summed E-state index contributed by atoms with van der Waals surface area (Å²) in [5.74, 6) is -1.01. The third-order valence-corrected chi connectivity index (χ3v) is 10.5. The Bertz CT molecular complexity index is 1510. The Balaban J connectivity index is 1.36.